The van der Waals surface area contributed by atoms with Gasteiger partial charge < -0.3 is 5.32 Å². The van der Waals surface area contributed by atoms with Crippen LogP contribution in [-0.4, -0.2) is 36.1 Å². The summed E-state index contributed by atoms with van der Waals surface area (Å²) in [5.74, 6) is 0.796. The van der Waals surface area contributed by atoms with E-state index in [2.05, 4.69) is 44.8 Å². The van der Waals surface area contributed by atoms with Crippen molar-refractivity contribution in [3.63, 3.8) is 0 Å². The lowest BCUT2D eigenvalue weighted by molar-refractivity contribution is 0.0428. The van der Waals surface area contributed by atoms with Gasteiger partial charge in [-0.15, -0.1) is 0 Å². The van der Waals surface area contributed by atoms with Gasteiger partial charge in [0, 0.05) is 24.7 Å². The average molecular weight is 297 g/mol. The van der Waals surface area contributed by atoms with Gasteiger partial charge in [0.1, 0.15) is 0 Å². The van der Waals surface area contributed by atoms with E-state index in [9.17, 15) is 0 Å². The SMILES string of the molecule is CCCCCCCCN1CC(CC(C)C)NCC1(C)CC. The van der Waals surface area contributed by atoms with Crippen LogP contribution in [0.1, 0.15) is 86.0 Å². The van der Waals surface area contributed by atoms with Crippen LogP contribution in [0, 0.1) is 5.92 Å². The van der Waals surface area contributed by atoms with E-state index in [0.29, 0.717) is 11.6 Å². The zero-order chi connectivity index (χ0) is 15.7. The molecular formula is C19H40N2. The number of unbranched alkanes of at least 4 members (excludes halogenated alkanes) is 5. The third kappa shape index (κ3) is 6.69. The van der Waals surface area contributed by atoms with Crippen LogP contribution in [0.5, 0.6) is 0 Å². The fourth-order valence-electron chi connectivity index (χ4n) is 3.55. The summed E-state index contributed by atoms with van der Waals surface area (Å²) in [4.78, 5) is 2.79. The monoisotopic (exact) mass is 296 g/mol. The molecule has 0 aromatic rings. The van der Waals surface area contributed by atoms with Crippen LogP contribution in [0.3, 0.4) is 0 Å². The summed E-state index contributed by atoms with van der Waals surface area (Å²) in [6.45, 7) is 15.5. The maximum Gasteiger partial charge on any atom is 0.0303 e. The third-order valence-corrected chi connectivity index (χ3v) is 5.27. The van der Waals surface area contributed by atoms with Gasteiger partial charge in [-0.25, -0.2) is 0 Å². The number of nitrogens with one attached hydrogen (secondary N) is 1. The van der Waals surface area contributed by atoms with E-state index >= 15 is 0 Å². The Morgan fingerprint density at radius 3 is 2.38 bits per heavy atom. The normalized spacial score (nSPS) is 27.4. The van der Waals surface area contributed by atoms with Crippen LogP contribution in [0.25, 0.3) is 0 Å². The van der Waals surface area contributed by atoms with Gasteiger partial charge in [0.25, 0.3) is 0 Å². The fourth-order valence-corrected chi connectivity index (χ4v) is 3.55. The first-order chi connectivity index (χ1) is 10.0. The first-order valence-electron chi connectivity index (χ1n) is 9.50. The molecule has 0 aromatic heterocycles. The maximum absolute atomic E-state index is 3.80. The van der Waals surface area contributed by atoms with Gasteiger partial charge >= 0.3 is 0 Å². The van der Waals surface area contributed by atoms with Crippen LogP contribution < -0.4 is 5.32 Å². The van der Waals surface area contributed by atoms with E-state index in [1.807, 2.05) is 0 Å². The summed E-state index contributed by atoms with van der Waals surface area (Å²) in [7, 11) is 0. The fraction of sp³-hybridized carbons (Fsp3) is 1.00. The molecule has 0 radical (unpaired) electrons. The highest BCUT2D eigenvalue weighted by atomic mass is 15.3. The van der Waals surface area contributed by atoms with Crippen molar-refractivity contribution in [2.45, 2.75) is 97.6 Å². The Hall–Kier alpha value is -0.0800. The van der Waals surface area contributed by atoms with Gasteiger partial charge in [0.15, 0.2) is 0 Å². The van der Waals surface area contributed by atoms with Crippen molar-refractivity contribution in [2.75, 3.05) is 19.6 Å². The van der Waals surface area contributed by atoms with Gasteiger partial charge in [-0.1, -0.05) is 59.8 Å². The highest BCUT2D eigenvalue weighted by Gasteiger charge is 2.35. The molecular weight excluding hydrogens is 256 g/mol. The van der Waals surface area contributed by atoms with Crippen LogP contribution in [0.15, 0.2) is 0 Å². The predicted octanol–water partition coefficient (Wildman–Crippen LogP) is 4.84. The molecule has 2 nitrogen and oxygen atoms in total. The Labute approximate surface area is 134 Å². The minimum absolute atomic E-state index is 0.372. The second-order valence-corrected chi connectivity index (χ2v) is 7.77. The Bertz CT molecular complexity index is 264. The Morgan fingerprint density at radius 1 is 1.10 bits per heavy atom. The molecule has 0 bridgehead atoms. The lowest BCUT2D eigenvalue weighted by Crippen LogP contribution is -2.63. The van der Waals surface area contributed by atoms with Crippen molar-refractivity contribution in [3.8, 4) is 0 Å². The van der Waals surface area contributed by atoms with E-state index in [-0.39, 0.29) is 0 Å². The Morgan fingerprint density at radius 2 is 1.76 bits per heavy atom. The number of piperazine rings is 1. The molecule has 0 aliphatic carbocycles. The molecule has 0 saturated carbocycles. The number of hydrogen-bond donors (Lipinski definition) is 1. The van der Waals surface area contributed by atoms with E-state index in [1.54, 1.807) is 0 Å². The molecule has 0 aromatic carbocycles. The molecule has 1 aliphatic rings. The Balaban J connectivity index is 2.37. The van der Waals surface area contributed by atoms with Crippen LogP contribution >= 0.6 is 0 Å². The van der Waals surface area contributed by atoms with Crippen molar-refractivity contribution in [1.29, 1.82) is 0 Å². The minimum atomic E-state index is 0.372. The molecule has 21 heavy (non-hydrogen) atoms. The smallest absolute Gasteiger partial charge is 0.0303 e. The van der Waals surface area contributed by atoms with Gasteiger partial charge in [-0.2, -0.15) is 0 Å². The molecule has 1 rings (SSSR count). The van der Waals surface area contributed by atoms with Crippen molar-refractivity contribution in [2.24, 2.45) is 5.92 Å². The Kier molecular flexibility index (Phi) is 8.89. The first-order valence-corrected chi connectivity index (χ1v) is 9.50. The van der Waals surface area contributed by atoms with Crippen LogP contribution in [-0.2, 0) is 0 Å². The molecule has 1 N–H and O–H groups in total. The lowest BCUT2D eigenvalue weighted by Gasteiger charge is -2.48. The summed E-state index contributed by atoms with van der Waals surface area (Å²) in [6, 6.07) is 0.699. The zero-order valence-corrected chi connectivity index (χ0v) is 15.4. The van der Waals surface area contributed by atoms with Crippen molar-refractivity contribution >= 4 is 0 Å². The quantitative estimate of drug-likeness (QED) is 0.581. The van der Waals surface area contributed by atoms with Crippen LogP contribution in [0.4, 0.5) is 0 Å². The number of nitrogens with zero attached hydrogens (tertiary/aromatic N) is 1. The molecule has 126 valence electrons. The van der Waals surface area contributed by atoms with Gasteiger partial charge in [0.2, 0.25) is 0 Å². The molecule has 1 saturated heterocycles. The second-order valence-electron chi connectivity index (χ2n) is 7.77. The number of hydrogen-bond acceptors (Lipinski definition) is 2. The standard InChI is InChI=1S/C19H40N2/c1-6-8-9-10-11-12-13-21-15-18(14-17(3)4)20-16-19(21,5)7-2/h17-18,20H,6-16H2,1-5H3. The molecule has 1 fully saturated rings. The maximum atomic E-state index is 3.80. The number of rotatable bonds is 10. The molecule has 0 spiro atoms. The van der Waals surface area contributed by atoms with Gasteiger partial charge in [-0.3, -0.25) is 4.90 Å². The molecule has 2 atom stereocenters. The molecule has 1 aliphatic heterocycles. The lowest BCUT2D eigenvalue weighted by atomic mass is 9.89. The molecule has 2 heteroatoms. The summed E-state index contributed by atoms with van der Waals surface area (Å²) >= 11 is 0. The topological polar surface area (TPSA) is 15.3 Å². The summed E-state index contributed by atoms with van der Waals surface area (Å²) in [5, 5.41) is 3.80. The van der Waals surface area contributed by atoms with Gasteiger partial charge in [-0.05, 0) is 38.6 Å². The molecule has 1 heterocycles. The van der Waals surface area contributed by atoms with E-state index in [1.165, 1.54) is 64.5 Å². The van der Waals surface area contributed by atoms with E-state index in [4.69, 9.17) is 0 Å². The summed E-state index contributed by atoms with van der Waals surface area (Å²) < 4.78 is 0. The largest absolute Gasteiger partial charge is 0.311 e. The highest BCUT2D eigenvalue weighted by Crippen LogP contribution is 2.25. The third-order valence-electron chi connectivity index (χ3n) is 5.27. The second kappa shape index (κ2) is 9.84. The summed E-state index contributed by atoms with van der Waals surface area (Å²) in [5.41, 5.74) is 0.372. The van der Waals surface area contributed by atoms with E-state index < -0.39 is 0 Å². The van der Waals surface area contributed by atoms with Crippen molar-refractivity contribution < 1.29 is 0 Å². The van der Waals surface area contributed by atoms with Crippen molar-refractivity contribution in [3.05, 3.63) is 0 Å². The summed E-state index contributed by atoms with van der Waals surface area (Å²) in [6.07, 6.45) is 11.0. The average Bonchev–Trinajstić information content (AvgIpc) is 2.45. The zero-order valence-electron chi connectivity index (χ0n) is 15.4. The highest BCUT2D eigenvalue weighted by molar-refractivity contribution is 4.95. The van der Waals surface area contributed by atoms with E-state index in [0.717, 1.165) is 12.5 Å². The first kappa shape index (κ1) is 19.0. The van der Waals surface area contributed by atoms with Crippen LogP contribution in [0.2, 0.25) is 0 Å². The molecule has 0 amide bonds. The predicted molar refractivity (Wildman–Crippen MR) is 94.9 cm³/mol. The molecule has 2 unspecified atom stereocenters. The minimum Gasteiger partial charge on any atom is -0.311 e. The van der Waals surface area contributed by atoms with Gasteiger partial charge in [0.05, 0.1) is 0 Å². The van der Waals surface area contributed by atoms with Crippen molar-refractivity contribution in [1.82, 2.24) is 10.2 Å².